The van der Waals surface area contributed by atoms with Crippen molar-refractivity contribution in [2.24, 2.45) is 5.92 Å². The number of pyridine rings is 1. The van der Waals surface area contributed by atoms with Gasteiger partial charge >= 0.3 is 5.97 Å². The number of amides is 2. The molecule has 3 rings (SSSR count). The summed E-state index contributed by atoms with van der Waals surface area (Å²) in [5.74, 6) is -3.81. The van der Waals surface area contributed by atoms with E-state index in [1.165, 1.54) is 6.92 Å². The zero-order valence-electron chi connectivity index (χ0n) is 20.3. The Morgan fingerprint density at radius 2 is 1.67 bits per heavy atom. The minimum absolute atomic E-state index is 0.136. The maximum Gasteiger partial charge on any atom is 0.308 e. The number of nitrogens with zero attached hydrogens (tertiary/aromatic N) is 3. The summed E-state index contributed by atoms with van der Waals surface area (Å²) in [5.41, 5.74) is 1.63. The molecule has 1 unspecified atom stereocenters. The quantitative estimate of drug-likeness (QED) is 0.350. The van der Waals surface area contributed by atoms with E-state index in [0.717, 1.165) is 22.9 Å². The van der Waals surface area contributed by atoms with Gasteiger partial charge in [0.1, 0.15) is 5.56 Å². The molecule has 2 amide bonds. The molecule has 0 bridgehead atoms. The summed E-state index contributed by atoms with van der Waals surface area (Å²) >= 11 is 0. The van der Waals surface area contributed by atoms with Crippen LogP contribution in [0.2, 0.25) is 0 Å². The number of hydrogen-bond acceptors (Lipinski definition) is 8. The fourth-order valence-corrected chi connectivity index (χ4v) is 3.23. The number of hydrogen-bond donors (Lipinski definition) is 4. The van der Waals surface area contributed by atoms with Gasteiger partial charge in [-0.15, -0.1) is 0 Å². The van der Waals surface area contributed by atoms with Crippen LogP contribution in [0.4, 0.5) is 0 Å². The fourth-order valence-electron chi connectivity index (χ4n) is 3.23. The van der Waals surface area contributed by atoms with Crippen molar-refractivity contribution < 1.29 is 29.3 Å². The smallest absolute Gasteiger partial charge is 0.308 e. The van der Waals surface area contributed by atoms with E-state index in [1.54, 1.807) is 33.2 Å². The molecule has 36 heavy (non-hydrogen) atoms. The molecule has 0 radical (unpaired) electrons. The Hall–Kier alpha value is -4.54. The summed E-state index contributed by atoms with van der Waals surface area (Å²) < 4.78 is 5.08. The number of benzene rings is 1. The lowest BCUT2D eigenvalue weighted by Gasteiger charge is -2.27. The number of carboxylic acids is 1. The molecule has 0 saturated carbocycles. The van der Waals surface area contributed by atoms with Gasteiger partial charge in [0.15, 0.2) is 0 Å². The van der Waals surface area contributed by atoms with Gasteiger partial charge in [0.25, 0.3) is 11.8 Å². The first-order chi connectivity index (χ1) is 17.0. The van der Waals surface area contributed by atoms with Crippen molar-refractivity contribution in [2.75, 3.05) is 13.7 Å². The summed E-state index contributed by atoms with van der Waals surface area (Å²) in [5, 5.41) is 24.3. The first-order valence-electron chi connectivity index (χ1n) is 11.0. The van der Waals surface area contributed by atoms with Crippen LogP contribution in [0.25, 0.3) is 11.1 Å². The van der Waals surface area contributed by atoms with Crippen molar-refractivity contribution in [1.29, 1.82) is 0 Å². The van der Waals surface area contributed by atoms with E-state index in [1.807, 2.05) is 30.3 Å². The summed E-state index contributed by atoms with van der Waals surface area (Å²) in [6.45, 7) is 4.90. The Morgan fingerprint density at radius 1 is 1.00 bits per heavy atom. The number of methoxy groups -OCH3 is 1. The molecule has 4 N–H and O–H groups in total. The summed E-state index contributed by atoms with van der Waals surface area (Å²) in [6.07, 6.45) is 2.75. The van der Waals surface area contributed by atoms with Gasteiger partial charge in [-0.05, 0) is 31.0 Å². The van der Waals surface area contributed by atoms with Gasteiger partial charge in [-0.1, -0.05) is 31.2 Å². The normalized spacial score (nSPS) is 11.9. The minimum Gasteiger partial charge on any atom is -0.493 e. The van der Waals surface area contributed by atoms with E-state index in [2.05, 4.69) is 25.6 Å². The number of carboxylic acid groups (broad SMARTS) is 1. The van der Waals surface area contributed by atoms with E-state index >= 15 is 0 Å². The average Bonchev–Trinajstić information content (AvgIpc) is 2.86. The highest BCUT2D eigenvalue weighted by Crippen LogP contribution is 2.26. The Morgan fingerprint density at radius 3 is 2.22 bits per heavy atom. The third-order valence-electron chi connectivity index (χ3n) is 5.52. The molecule has 0 spiro atoms. The van der Waals surface area contributed by atoms with Gasteiger partial charge < -0.3 is 25.6 Å². The molecule has 188 valence electrons. The van der Waals surface area contributed by atoms with E-state index < -0.39 is 35.1 Å². The predicted octanol–water partition coefficient (Wildman–Crippen LogP) is 2.37. The summed E-state index contributed by atoms with van der Waals surface area (Å²) in [7, 11) is 1.55. The second-order valence-corrected chi connectivity index (χ2v) is 8.63. The average molecular weight is 494 g/mol. The molecule has 1 aromatic carbocycles. The molecule has 2 heterocycles. The Balaban J connectivity index is 1.69. The van der Waals surface area contributed by atoms with Gasteiger partial charge in [0.05, 0.1) is 18.6 Å². The number of nitrogens with one attached hydrogen (secondary N) is 2. The molecule has 0 aliphatic heterocycles. The van der Waals surface area contributed by atoms with E-state index in [4.69, 9.17) is 9.84 Å². The molecular weight excluding hydrogens is 466 g/mol. The van der Waals surface area contributed by atoms with Crippen LogP contribution in [-0.4, -0.2) is 56.6 Å². The monoisotopic (exact) mass is 493 g/mol. The summed E-state index contributed by atoms with van der Waals surface area (Å²) in [6, 6.07) is 11.2. The van der Waals surface area contributed by atoms with E-state index in [0.29, 0.717) is 5.88 Å². The highest BCUT2D eigenvalue weighted by Gasteiger charge is 2.26. The van der Waals surface area contributed by atoms with Crippen molar-refractivity contribution in [1.82, 2.24) is 25.6 Å². The number of carbonyl (C=O) groups excluding carboxylic acids is 2. The molecule has 11 nitrogen and oxygen atoms in total. The van der Waals surface area contributed by atoms with Gasteiger partial charge in [0, 0.05) is 30.6 Å². The van der Waals surface area contributed by atoms with Crippen molar-refractivity contribution in [3.63, 3.8) is 0 Å². The van der Waals surface area contributed by atoms with Crippen LogP contribution in [0.5, 0.6) is 11.8 Å². The zero-order valence-corrected chi connectivity index (χ0v) is 20.3. The Labute approximate surface area is 207 Å². The lowest BCUT2D eigenvalue weighted by molar-refractivity contribution is -0.140. The van der Waals surface area contributed by atoms with Crippen LogP contribution in [0, 0.1) is 5.92 Å². The molecule has 0 saturated heterocycles. The fraction of sp³-hybridized carbons (Fsp3) is 0.280. The molecule has 3 aromatic rings. The predicted molar refractivity (Wildman–Crippen MR) is 130 cm³/mol. The maximum absolute atomic E-state index is 12.8. The number of aliphatic carboxylic acids is 1. The first-order valence-corrected chi connectivity index (χ1v) is 11.0. The number of ether oxygens (including phenoxy) is 1. The third kappa shape index (κ3) is 6.12. The highest BCUT2D eigenvalue weighted by molar-refractivity contribution is 5.97. The second-order valence-electron chi connectivity index (χ2n) is 8.63. The van der Waals surface area contributed by atoms with Gasteiger partial charge in [0.2, 0.25) is 17.6 Å². The number of aromatic nitrogens is 3. The molecule has 2 aromatic heterocycles. The van der Waals surface area contributed by atoms with Crippen LogP contribution < -0.4 is 15.4 Å². The van der Waals surface area contributed by atoms with Crippen molar-refractivity contribution >= 4 is 17.8 Å². The Kier molecular flexibility index (Phi) is 7.83. The number of carbonyl (C=O) groups is 3. The molecular formula is C25H27N5O6. The van der Waals surface area contributed by atoms with Crippen molar-refractivity contribution in [3.05, 3.63) is 65.7 Å². The van der Waals surface area contributed by atoms with Gasteiger partial charge in [-0.3, -0.25) is 14.4 Å². The molecule has 11 heteroatoms. The van der Waals surface area contributed by atoms with Crippen molar-refractivity contribution in [3.8, 4) is 22.9 Å². The molecule has 0 fully saturated rings. The zero-order chi connectivity index (χ0) is 26.5. The number of aromatic hydroxyl groups is 1. The summed E-state index contributed by atoms with van der Waals surface area (Å²) in [4.78, 5) is 47.6. The third-order valence-corrected chi connectivity index (χ3v) is 5.52. The van der Waals surface area contributed by atoms with E-state index in [-0.39, 0.29) is 17.9 Å². The molecule has 1 atom stereocenters. The van der Waals surface area contributed by atoms with Crippen LogP contribution >= 0.6 is 0 Å². The maximum atomic E-state index is 12.8. The van der Waals surface area contributed by atoms with E-state index in [9.17, 15) is 19.5 Å². The minimum atomic E-state index is -1.07. The van der Waals surface area contributed by atoms with Crippen LogP contribution in [-0.2, 0) is 10.3 Å². The standard InChI is InChI=1S/C25H27N5O6/c1-14(24(34)35)11-28-23(33)20-27-13-18(21(31)29-20)22(32)30-25(2,3)17-8-5-15(6-9-17)16-7-10-19(36-4)26-12-16/h5-10,12-14H,11H2,1-4H3,(H,28,33)(H,30,32)(H,34,35)(H,27,29,31). The molecule has 0 aliphatic rings. The van der Waals surface area contributed by atoms with Gasteiger partial charge in [-0.2, -0.15) is 4.98 Å². The molecule has 0 aliphatic carbocycles. The first kappa shape index (κ1) is 26.1. The van der Waals surface area contributed by atoms with Crippen LogP contribution in [0.15, 0.2) is 48.8 Å². The largest absolute Gasteiger partial charge is 0.493 e. The number of rotatable bonds is 9. The van der Waals surface area contributed by atoms with Crippen molar-refractivity contribution in [2.45, 2.75) is 26.3 Å². The SMILES string of the molecule is COc1ccc(-c2ccc(C(C)(C)NC(=O)c3cnc(C(=O)NCC(C)C(=O)O)nc3O)cc2)cn1. The van der Waals surface area contributed by atoms with Gasteiger partial charge in [-0.25, -0.2) is 9.97 Å². The Bertz CT molecular complexity index is 1260. The topological polar surface area (TPSA) is 164 Å². The highest BCUT2D eigenvalue weighted by atomic mass is 16.5. The van der Waals surface area contributed by atoms with Crippen LogP contribution in [0.1, 0.15) is 47.3 Å². The van der Waals surface area contributed by atoms with Crippen LogP contribution in [0.3, 0.4) is 0 Å². The lowest BCUT2D eigenvalue weighted by atomic mass is 9.92. The lowest BCUT2D eigenvalue weighted by Crippen LogP contribution is -2.41. The second kappa shape index (κ2) is 10.8.